The van der Waals surface area contributed by atoms with Crippen LogP contribution in [0.15, 0.2) is 46.9 Å². The van der Waals surface area contributed by atoms with Crippen LogP contribution in [0.5, 0.6) is 0 Å². The Bertz CT molecular complexity index is 629. The molecule has 2 aromatic rings. The maximum atomic E-state index is 13.2. The molecule has 3 N–H and O–H groups in total. The Hall–Kier alpha value is -1.95. The fraction of sp³-hybridized carbons (Fsp3) is 0.0714. The number of benzene rings is 2. The zero-order valence-electron chi connectivity index (χ0n) is 10.2. The zero-order chi connectivity index (χ0) is 14.7. The number of hydrogen-bond donors (Lipinski definition) is 2. The summed E-state index contributed by atoms with van der Waals surface area (Å²) in [5, 5.41) is 2.85. The molecule has 0 aromatic heterocycles. The van der Waals surface area contributed by atoms with E-state index in [1.165, 1.54) is 0 Å². The lowest BCUT2D eigenvalue weighted by Gasteiger charge is -2.17. The van der Waals surface area contributed by atoms with Gasteiger partial charge in [-0.1, -0.05) is 22.0 Å². The minimum absolute atomic E-state index is 0.134. The molecule has 0 aliphatic rings. The molecule has 3 nitrogen and oxygen atoms in total. The smallest absolute Gasteiger partial charge is 0.244 e. The third-order valence-corrected chi connectivity index (χ3v) is 3.13. The first-order valence-electron chi connectivity index (χ1n) is 5.73. The molecule has 6 heteroatoms. The van der Waals surface area contributed by atoms with Crippen LogP contribution < -0.4 is 11.1 Å². The average molecular weight is 341 g/mol. The molecule has 0 heterocycles. The van der Waals surface area contributed by atoms with Crippen LogP contribution in [0.3, 0.4) is 0 Å². The van der Waals surface area contributed by atoms with Gasteiger partial charge in [0.2, 0.25) is 5.91 Å². The number of amides is 1. The molecule has 1 amide bonds. The molecule has 0 saturated heterocycles. The Morgan fingerprint density at radius 3 is 2.35 bits per heavy atom. The van der Waals surface area contributed by atoms with Gasteiger partial charge in [0.1, 0.15) is 17.7 Å². The summed E-state index contributed by atoms with van der Waals surface area (Å²) in [4.78, 5) is 11.5. The molecule has 20 heavy (non-hydrogen) atoms. The Balaban J connectivity index is 2.34. The van der Waals surface area contributed by atoms with Crippen LogP contribution in [0.4, 0.5) is 14.5 Å². The maximum Gasteiger partial charge on any atom is 0.244 e. The Morgan fingerprint density at radius 1 is 1.15 bits per heavy atom. The van der Waals surface area contributed by atoms with E-state index in [1.54, 1.807) is 18.2 Å². The predicted octanol–water partition coefficient (Wildman–Crippen LogP) is 3.37. The number of nitrogens with two attached hydrogens (primary N) is 1. The largest absolute Gasteiger partial charge is 0.370 e. The first-order valence-corrected chi connectivity index (χ1v) is 6.52. The third kappa shape index (κ3) is 3.54. The van der Waals surface area contributed by atoms with Crippen LogP contribution in [0.2, 0.25) is 0 Å². The minimum Gasteiger partial charge on any atom is -0.370 e. The average Bonchev–Trinajstić information content (AvgIpc) is 2.34. The van der Waals surface area contributed by atoms with Gasteiger partial charge in [0.25, 0.3) is 0 Å². The van der Waals surface area contributed by atoms with Crippen LogP contribution in [0.25, 0.3) is 0 Å². The molecular weight excluding hydrogens is 330 g/mol. The Morgan fingerprint density at radius 2 is 1.80 bits per heavy atom. The van der Waals surface area contributed by atoms with Crippen molar-refractivity contribution in [2.45, 2.75) is 6.04 Å². The number of carbonyl (C=O) groups excluding carboxylic acids is 1. The predicted molar refractivity (Wildman–Crippen MR) is 76.1 cm³/mol. The van der Waals surface area contributed by atoms with E-state index in [1.807, 2.05) is 6.07 Å². The molecule has 0 radical (unpaired) electrons. The second kappa shape index (κ2) is 6.00. The standard InChI is InChI=1S/C14H11BrF2N2O/c15-9-2-1-3-12(6-9)19-13(14(18)20)8-4-10(16)7-11(17)5-8/h1-7,13,19H,(H2,18,20). The van der Waals surface area contributed by atoms with Gasteiger partial charge in [0, 0.05) is 16.2 Å². The fourth-order valence-electron chi connectivity index (χ4n) is 1.81. The van der Waals surface area contributed by atoms with Gasteiger partial charge in [-0.15, -0.1) is 0 Å². The molecular formula is C14H11BrF2N2O. The van der Waals surface area contributed by atoms with Crippen molar-refractivity contribution in [1.29, 1.82) is 0 Å². The highest BCUT2D eigenvalue weighted by Gasteiger charge is 2.19. The molecule has 104 valence electrons. The van der Waals surface area contributed by atoms with Gasteiger partial charge in [-0.3, -0.25) is 4.79 Å². The van der Waals surface area contributed by atoms with Gasteiger partial charge in [0.15, 0.2) is 0 Å². The van der Waals surface area contributed by atoms with Crippen molar-refractivity contribution in [3.63, 3.8) is 0 Å². The summed E-state index contributed by atoms with van der Waals surface area (Å²) in [6.07, 6.45) is 0. The van der Waals surface area contributed by atoms with Crippen molar-refractivity contribution in [2.75, 3.05) is 5.32 Å². The number of primary amides is 1. The van der Waals surface area contributed by atoms with E-state index in [0.717, 1.165) is 22.7 Å². The Kier molecular flexibility index (Phi) is 4.34. The van der Waals surface area contributed by atoms with Crippen LogP contribution in [0, 0.1) is 11.6 Å². The van der Waals surface area contributed by atoms with E-state index >= 15 is 0 Å². The number of halogens is 3. The molecule has 0 aliphatic heterocycles. The highest BCUT2D eigenvalue weighted by molar-refractivity contribution is 9.10. The highest BCUT2D eigenvalue weighted by atomic mass is 79.9. The van der Waals surface area contributed by atoms with E-state index < -0.39 is 23.6 Å². The maximum absolute atomic E-state index is 13.2. The van der Waals surface area contributed by atoms with Gasteiger partial charge >= 0.3 is 0 Å². The lowest BCUT2D eigenvalue weighted by molar-refractivity contribution is -0.118. The van der Waals surface area contributed by atoms with Crippen molar-refractivity contribution in [1.82, 2.24) is 0 Å². The second-order valence-electron chi connectivity index (χ2n) is 4.19. The lowest BCUT2D eigenvalue weighted by Crippen LogP contribution is -2.28. The summed E-state index contributed by atoms with van der Waals surface area (Å²) >= 11 is 3.29. The van der Waals surface area contributed by atoms with Gasteiger partial charge in [-0.25, -0.2) is 8.78 Å². The number of rotatable bonds is 4. The van der Waals surface area contributed by atoms with E-state index in [0.29, 0.717) is 5.69 Å². The minimum atomic E-state index is -1.02. The summed E-state index contributed by atoms with van der Waals surface area (Å²) in [5.41, 5.74) is 6.04. The summed E-state index contributed by atoms with van der Waals surface area (Å²) in [6.45, 7) is 0. The van der Waals surface area contributed by atoms with Crippen molar-refractivity contribution in [3.05, 3.63) is 64.1 Å². The molecule has 2 rings (SSSR count). The number of carbonyl (C=O) groups is 1. The monoisotopic (exact) mass is 340 g/mol. The molecule has 1 atom stereocenters. The number of anilines is 1. The fourth-order valence-corrected chi connectivity index (χ4v) is 2.20. The molecule has 0 spiro atoms. The van der Waals surface area contributed by atoms with Crippen molar-refractivity contribution < 1.29 is 13.6 Å². The first-order chi connectivity index (χ1) is 9.45. The summed E-state index contributed by atoms with van der Waals surface area (Å²) in [5.74, 6) is -2.25. The van der Waals surface area contributed by atoms with E-state index in [2.05, 4.69) is 21.2 Å². The van der Waals surface area contributed by atoms with Crippen LogP contribution >= 0.6 is 15.9 Å². The topological polar surface area (TPSA) is 55.1 Å². The van der Waals surface area contributed by atoms with Gasteiger partial charge in [-0.05, 0) is 35.9 Å². The summed E-state index contributed by atoms with van der Waals surface area (Å²) in [7, 11) is 0. The molecule has 0 aliphatic carbocycles. The Labute approximate surface area is 122 Å². The van der Waals surface area contributed by atoms with Crippen molar-refractivity contribution >= 4 is 27.5 Å². The second-order valence-corrected chi connectivity index (χ2v) is 5.11. The molecule has 0 bridgehead atoms. The van der Waals surface area contributed by atoms with E-state index in [4.69, 9.17) is 5.73 Å². The van der Waals surface area contributed by atoms with Crippen LogP contribution in [-0.2, 0) is 4.79 Å². The van der Waals surface area contributed by atoms with E-state index in [-0.39, 0.29) is 5.56 Å². The third-order valence-electron chi connectivity index (χ3n) is 2.64. The zero-order valence-corrected chi connectivity index (χ0v) is 11.8. The van der Waals surface area contributed by atoms with Crippen molar-refractivity contribution in [3.8, 4) is 0 Å². The van der Waals surface area contributed by atoms with Gasteiger partial charge < -0.3 is 11.1 Å². The molecule has 0 saturated carbocycles. The molecule has 1 unspecified atom stereocenters. The lowest BCUT2D eigenvalue weighted by atomic mass is 10.1. The van der Waals surface area contributed by atoms with Crippen molar-refractivity contribution in [2.24, 2.45) is 5.73 Å². The summed E-state index contributed by atoms with van der Waals surface area (Å²) in [6, 6.07) is 8.88. The highest BCUT2D eigenvalue weighted by Crippen LogP contribution is 2.23. The summed E-state index contributed by atoms with van der Waals surface area (Å²) < 4.78 is 27.3. The quantitative estimate of drug-likeness (QED) is 0.896. The SMILES string of the molecule is NC(=O)C(Nc1cccc(Br)c1)c1cc(F)cc(F)c1. The van der Waals surface area contributed by atoms with Gasteiger partial charge in [-0.2, -0.15) is 0 Å². The number of hydrogen-bond acceptors (Lipinski definition) is 2. The van der Waals surface area contributed by atoms with Crippen LogP contribution in [0.1, 0.15) is 11.6 Å². The van der Waals surface area contributed by atoms with Crippen LogP contribution in [-0.4, -0.2) is 5.91 Å². The molecule has 0 fully saturated rings. The first kappa shape index (κ1) is 14.5. The number of nitrogens with one attached hydrogen (secondary N) is 1. The normalized spacial score (nSPS) is 11.9. The van der Waals surface area contributed by atoms with E-state index in [9.17, 15) is 13.6 Å². The van der Waals surface area contributed by atoms with Gasteiger partial charge in [0.05, 0.1) is 0 Å². The molecule has 2 aromatic carbocycles.